The van der Waals surface area contributed by atoms with Crippen molar-refractivity contribution in [3.05, 3.63) is 53.8 Å². The van der Waals surface area contributed by atoms with Gasteiger partial charge < -0.3 is 16.4 Å². The number of fused-ring (bicyclic) bond motifs is 1. The van der Waals surface area contributed by atoms with Crippen molar-refractivity contribution >= 4 is 17.1 Å². The zero-order valence-electron chi connectivity index (χ0n) is 10.9. The van der Waals surface area contributed by atoms with Gasteiger partial charge in [0, 0.05) is 23.6 Å². The van der Waals surface area contributed by atoms with Gasteiger partial charge in [0.2, 0.25) is 0 Å². The lowest BCUT2D eigenvalue weighted by molar-refractivity contribution is 0.628. The van der Waals surface area contributed by atoms with Crippen molar-refractivity contribution in [2.24, 2.45) is 5.73 Å². The highest BCUT2D eigenvalue weighted by Crippen LogP contribution is 2.35. The SMILES string of the molecule is CN.Nc1ccc(N2CCc3ccc(F)cc32)cc1. The second-order valence-electron chi connectivity index (χ2n) is 4.27. The second-order valence-corrected chi connectivity index (χ2v) is 4.27. The number of nitrogens with two attached hydrogens (primary N) is 2. The van der Waals surface area contributed by atoms with Crippen molar-refractivity contribution in [3.8, 4) is 0 Å². The highest BCUT2D eigenvalue weighted by molar-refractivity contribution is 5.70. The van der Waals surface area contributed by atoms with Crippen LogP contribution in [0.5, 0.6) is 0 Å². The normalized spacial score (nSPS) is 12.7. The number of nitrogens with zero attached hydrogens (tertiary/aromatic N) is 1. The van der Waals surface area contributed by atoms with Gasteiger partial charge in [-0.2, -0.15) is 0 Å². The third-order valence-electron chi connectivity index (χ3n) is 3.15. The highest BCUT2D eigenvalue weighted by atomic mass is 19.1. The number of benzene rings is 2. The second kappa shape index (κ2) is 5.71. The van der Waals surface area contributed by atoms with E-state index >= 15 is 0 Å². The maximum absolute atomic E-state index is 13.3. The number of rotatable bonds is 1. The fourth-order valence-electron chi connectivity index (χ4n) is 2.27. The number of nitrogen functional groups attached to an aromatic ring is 1. The third-order valence-corrected chi connectivity index (χ3v) is 3.15. The van der Waals surface area contributed by atoms with Crippen LogP contribution >= 0.6 is 0 Å². The molecule has 4 N–H and O–H groups in total. The summed E-state index contributed by atoms with van der Waals surface area (Å²) in [6.45, 7) is 0.892. The average molecular weight is 259 g/mol. The fourth-order valence-corrected chi connectivity index (χ4v) is 2.27. The van der Waals surface area contributed by atoms with Crippen molar-refractivity contribution in [1.29, 1.82) is 0 Å². The molecule has 0 aliphatic carbocycles. The summed E-state index contributed by atoms with van der Waals surface area (Å²) in [6.07, 6.45) is 0.958. The first kappa shape index (κ1) is 13.4. The summed E-state index contributed by atoms with van der Waals surface area (Å²) in [5.74, 6) is -0.189. The van der Waals surface area contributed by atoms with E-state index in [1.54, 1.807) is 6.07 Å². The Hall–Kier alpha value is -2.07. The third kappa shape index (κ3) is 2.69. The lowest BCUT2D eigenvalue weighted by atomic mass is 10.1. The van der Waals surface area contributed by atoms with Crippen LogP contribution in [0.4, 0.5) is 21.5 Å². The van der Waals surface area contributed by atoms with E-state index in [1.165, 1.54) is 18.7 Å². The largest absolute Gasteiger partial charge is 0.399 e. The summed E-state index contributed by atoms with van der Waals surface area (Å²) < 4.78 is 13.3. The molecule has 0 saturated carbocycles. The van der Waals surface area contributed by atoms with Crippen LogP contribution in [-0.2, 0) is 6.42 Å². The van der Waals surface area contributed by atoms with Gasteiger partial charge in [-0.05, 0) is 55.4 Å². The molecule has 3 nitrogen and oxygen atoms in total. The van der Waals surface area contributed by atoms with Crippen molar-refractivity contribution in [2.45, 2.75) is 6.42 Å². The Morgan fingerprint density at radius 3 is 2.42 bits per heavy atom. The Balaban J connectivity index is 0.000000637. The van der Waals surface area contributed by atoms with Crippen LogP contribution < -0.4 is 16.4 Å². The predicted octanol–water partition coefficient (Wildman–Crippen LogP) is 2.68. The minimum atomic E-state index is -0.189. The van der Waals surface area contributed by atoms with E-state index < -0.39 is 0 Å². The molecule has 0 fully saturated rings. The smallest absolute Gasteiger partial charge is 0.125 e. The van der Waals surface area contributed by atoms with Gasteiger partial charge in [0.1, 0.15) is 5.82 Å². The quantitative estimate of drug-likeness (QED) is 0.774. The number of halogens is 1. The number of hydrogen-bond acceptors (Lipinski definition) is 3. The van der Waals surface area contributed by atoms with E-state index in [9.17, 15) is 4.39 Å². The van der Waals surface area contributed by atoms with E-state index in [1.807, 2.05) is 30.3 Å². The molecule has 2 aromatic rings. The molecule has 0 spiro atoms. The Kier molecular flexibility index (Phi) is 4.02. The zero-order chi connectivity index (χ0) is 13.8. The Bertz CT molecular complexity index is 552. The first-order valence-corrected chi connectivity index (χ1v) is 6.23. The Morgan fingerprint density at radius 1 is 1.05 bits per heavy atom. The maximum atomic E-state index is 13.3. The summed E-state index contributed by atoms with van der Waals surface area (Å²) in [4.78, 5) is 2.12. The summed E-state index contributed by atoms with van der Waals surface area (Å²) in [6, 6.07) is 12.6. The van der Waals surface area contributed by atoms with Crippen molar-refractivity contribution in [3.63, 3.8) is 0 Å². The molecule has 4 heteroatoms. The van der Waals surface area contributed by atoms with Crippen LogP contribution in [0.2, 0.25) is 0 Å². The summed E-state index contributed by atoms with van der Waals surface area (Å²) in [5, 5.41) is 0. The lowest BCUT2D eigenvalue weighted by Gasteiger charge is -2.19. The van der Waals surface area contributed by atoms with Crippen molar-refractivity contribution in [2.75, 3.05) is 24.2 Å². The maximum Gasteiger partial charge on any atom is 0.125 e. The van der Waals surface area contributed by atoms with E-state index in [-0.39, 0.29) is 5.82 Å². The molecule has 0 saturated heterocycles. The van der Waals surface area contributed by atoms with Gasteiger partial charge in [0.15, 0.2) is 0 Å². The standard InChI is InChI=1S/C14H13FN2.CH5N/c15-11-2-1-10-7-8-17(14(10)9-11)13-5-3-12(16)4-6-13;1-2/h1-6,9H,7-8,16H2;2H2,1H3. The minimum absolute atomic E-state index is 0.189. The molecule has 3 rings (SSSR count). The van der Waals surface area contributed by atoms with Gasteiger partial charge in [-0.15, -0.1) is 0 Å². The molecular formula is C15H18FN3. The monoisotopic (exact) mass is 259 g/mol. The molecular weight excluding hydrogens is 241 g/mol. The van der Waals surface area contributed by atoms with Crippen LogP contribution in [-0.4, -0.2) is 13.6 Å². The highest BCUT2D eigenvalue weighted by Gasteiger charge is 2.20. The average Bonchev–Trinajstić information content (AvgIpc) is 2.85. The first-order valence-electron chi connectivity index (χ1n) is 6.23. The first-order chi connectivity index (χ1) is 9.24. The Labute approximate surface area is 112 Å². The van der Waals surface area contributed by atoms with Crippen molar-refractivity contribution < 1.29 is 4.39 Å². The molecule has 0 radical (unpaired) electrons. The van der Waals surface area contributed by atoms with Crippen molar-refractivity contribution in [1.82, 2.24) is 0 Å². The van der Waals surface area contributed by atoms with Gasteiger partial charge in [-0.25, -0.2) is 4.39 Å². The molecule has 0 bridgehead atoms. The fraction of sp³-hybridized carbons (Fsp3) is 0.200. The van der Waals surface area contributed by atoms with E-state index in [2.05, 4.69) is 10.6 Å². The van der Waals surface area contributed by atoms with Crippen LogP contribution in [0.3, 0.4) is 0 Å². The zero-order valence-corrected chi connectivity index (χ0v) is 10.9. The molecule has 1 aliphatic heterocycles. The van der Waals surface area contributed by atoms with Crippen LogP contribution in [0, 0.1) is 5.82 Å². The van der Waals surface area contributed by atoms with Gasteiger partial charge in [-0.3, -0.25) is 0 Å². The summed E-state index contributed by atoms with van der Waals surface area (Å²) >= 11 is 0. The molecule has 19 heavy (non-hydrogen) atoms. The van der Waals surface area contributed by atoms with Gasteiger partial charge in [0.05, 0.1) is 0 Å². The van der Waals surface area contributed by atoms with Crippen LogP contribution in [0.15, 0.2) is 42.5 Å². The number of anilines is 3. The Morgan fingerprint density at radius 2 is 1.74 bits per heavy atom. The molecule has 1 heterocycles. The predicted molar refractivity (Wildman–Crippen MR) is 78.1 cm³/mol. The lowest BCUT2D eigenvalue weighted by Crippen LogP contribution is -2.13. The minimum Gasteiger partial charge on any atom is -0.399 e. The topological polar surface area (TPSA) is 55.3 Å². The summed E-state index contributed by atoms with van der Waals surface area (Å²) in [7, 11) is 1.50. The van der Waals surface area contributed by atoms with E-state index in [0.717, 1.165) is 30.0 Å². The summed E-state index contributed by atoms with van der Waals surface area (Å²) in [5.41, 5.74) is 14.1. The van der Waals surface area contributed by atoms with E-state index in [4.69, 9.17) is 5.73 Å². The van der Waals surface area contributed by atoms with Crippen LogP contribution in [0.25, 0.3) is 0 Å². The van der Waals surface area contributed by atoms with Gasteiger partial charge in [0.25, 0.3) is 0 Å². The number of hydrogen-bond donors (Lipinski definition) is 2. The molecule has 0 amide bonds. The van der Waals surface area contributed by atoms with Gasteiger partial charge in [-0.1, -0.05) is 6.07 Å². The molecule has 0 atom stereocenters. The molecule has 1 aliphatic rings. The molecule has 0 aromatic heterocycles. The van der Waals surface area contributed by atoms with E-state index in [0.29, 0.717) is 0 Å². The van der Waals surface area contributed by atoms with Crippen LogP contribution in [0.1, 0.15) is 5.56 Å². The molecule has 0 unspecified atom stereocenters. The molecule has 2 aromatic carbocycles. The van der Waals surface area contributed by atoms with Gasteiger partial charge >= 0.3 is 0 Å². The molecule has 100 valence electrons.